The number of rotatable bonds is 5. The summed E-state index contributed by atoms with van der Waals surface area (Å²) in [5.41, 5.74) is -0.0993. The number of amides is 1. The van der Waals surface area contributed by atoms with Crippen molar-refractivity contribution >= 4 is 34.7 Å². The van der Waals surface area contributed by atoms with Gasteiger partial charge in [-0.05, 0) is 48.0 Å². The lowest BCUT2D eigenvalue weighted by molar-refractivity contribution is 0.0721. The maximum atomic E-state index is 15.3. The van der Waals surface area contributed by atoms with E-state index in [1.54, 1.807) is 30.3 Å². The van der Waals surface area contributed by atoms with Crippen LogP contribution in [0.15, 0.2) is 71.9 Å². The molecular formula is C28H21F3N4O2S. The second-order valence-electron chi connectivity index (χ2n) is 8.86. The molecule has 6 nitrogen and oxygen atoms in total. The summed E-state index contributed by atoms with van der Waals surface area (Å²) in [6.07, 6.45) is 1.66. The van der Waals surface area contributed by atoms with Crippen molar-refractivity contribution in [1.82, 2.24) is 10.3 Å². The van der Waals surface area contributed by atoms with Crippen molar-refractivity contribution in [2.45, 2.75) is 11.6 Å². The van der Waals surface area contributed by atoms with Crippen molar-refractivity contribution in [3.05, 3.63) is 101 Å². The van der Waals surface area contributed by atoms with Gasteiger partial charge in [-0.1, -0.05) is 36.0 Å². The van der Waals surface area contributed by atoms with Crippen LogP contribution in [0.2, 0.25) is 0 Å². The largest absolute Gasteiger partial charge is 0.372 e. The number of hydrogen-bond acceptors (Lipinski definition) is 6. The molecule has 3 heterocycles. The Labute approximate surface area is 221 Å². The highest BCUT2D eigenvalue weighted by molar-refractivity contribution is 8.13. The molecule has 2 aliphatic heterocycles. The number of halogens is 3. The number of carbonyl (C=O) groups excluding carboxylic acids is 1. The van der Waals surface area contributed by atoms with Gasteiger partial charge in [0.05, 0.1) is 24.0 Å². The van der Waals surface area contributed by atoms with Gasteiger partial charge in [-0.15, -0.1) is 0 Å². The lowest BCUT2D eigenvalue weighted by Gasteiger charge is -2.36. The Kier molecular flexibility index (Phi) is 7.31. The first-order valence-corrected chi connectivity index (χ1v) is 12.7. The minimum atomic E-state index is -1.31. The van der Waals surface area contributed by atoms with Crippen LogP contribution in [0, 0.1) is 23.1 Å². The van der Waals surface area contributed by atoms with E-state index in [9.17, 15) is 13.6 Å². The fourth-order valence-corrected chi connectivity index (χ4v) is 5.83. The number of alkyl halides is 1. The van der Waals surface area contributed by atoms with Crippen LogP contribution in [0.4, 0.5) is 13.2 Å². The predicted octanol–water partition coefficient (Wildman–Crippen LogP) is 5.27. The molecule has 3 atom stereocenters. The molecule has 1 saturated heterocycles. The number of aliphatic imine (C=N–C) groups is 1. The molecular weight excluding hydrogens is 513 g/mol. The van der Waals surface area contributed by atoms with E-state index < -0.39 is 35.9 Å². The van der Waals surface area contributed by atoms with Crippen LogP contribution in [0.1, 0.15) is 32.7 Å². The number of aromatic nitrogens is 1. The number of hydrogen-bond donors (Lipinski definition) is 1. The van der Waals surface area contributed by atoms with Crippen LogP contribution < -0.4 is 5.32 Å². The Bertz CT molecular complexity index is 1460. The molecule has 1 fully saturated rings. The fraction of sp³-hybridized carbons (Fsp3) is 0.214. The van der Waals surface area contributed by atoms with Crippen molar-refractivity contribution in [1.29, 1.82) is 5.26 Å². The number of nitriles is 1. The normalized spacial score (nSPS) is 22.8. The number of thioether (sulfide) groups is 1. The number of carbonyl (C=O) groups is 1. The molecule has 0 saturated carbocycles. The lowest BCUT2D eigenvalue weighted by atomic mass is 9.78. The first-order valence-electron chi connectivity index (χ1n) is 11.7. The molecule has 0 spiro atoms. The number of nitrogens with zero attached hydrogens (tertiary/aromatic N) is 3. The molecule has 2 aromatic carbocycles. The highest BCUT2D eigenvalue weighted by Gasteiger charge is 2.54. The van der Waals surface area contributed by atoms with Crippen molar-refractivity contribution in [3.8, 4) is 6.07 Å². The molecule has 1 amide bonds. The SMILES string of the molecule is N#Cc1ccc(/C(F)=C/c2ccc(F)c([C@]34CO[C@H](CF)[C@H]3CSC(NC(=O)c3ccccc3)=N4)c2)nc1. The second kappa shape index (κ2) is 10.8. The summed E-state index contributed by atoms with van der Waals surface area (Å²) in [4.78, 5) is 21.4. The van der Waals surface area contributed by atoms with E-state index in [4.69, 9.17) is 15.0 Å². The monoisotopic (exact) mass is 534 g/mol. The highest BCUT2D eigenvalue weighted by atomic mass is 32.2. The van der Waals surface area contributed by atoms with Crippen LogP contribution in [0.3, 0.4) is 0 Å². The van der Waals surface area contributed by atoms with E-state index in [-0.39, 0.29) is 28.9 Å². The van der Waals surface area contributed by atoms with Gasteiger partial charge in [-0.25, -0.2) is 18.2 Å². The van der Waals surface area contributed by atoms with Gasteiger partial charge in [0.15, 0.2) is 5.17 Å². The molecule has 192 valence electrons. The van der Waals surface area contributed by atoms with Gasteiger partial charge in [0, 0.05) is 29.0 Å². The molecule has 5 rings (SSSR count). The number of ether oxygens (including phenoxy) is 1. The van der Waals surface area contributed by atoms with Gasteiger partial charge in [0.1, 0.15) is 29.9 Å². The lowest BCUT2D eigenvalue weighted by Crippen LogP contribution is -2.44. The van der Waals surface area contributed by atoms with Crippen molar-refractivity contribution in [3.63, 3.8) is 0 Å². The fourth-order valence-electron chi connectivity index (χ4n) is 4.61. The average molecular weight is 535 g/mol. The van der Waals surface area contributed by atoms with Crippen LogP contribution in [-0.4, -0.2) is 41.2 Å². The molecule has 3 aromatic rings. The molecule has 0 radical (unpaired) electrons. The molecule has 0 unspecified atom stereocenters. The molecule has 10 heteroatoms. The Morgan fingerprint density at radius 1 is 1.24 bits per heavy atom. The highest BCUT2D eigenvalue weighted by Crippen LogP contribution is 2.48. The third kappa shape index (κ3) is 4.95. The number of pyridine rings is 1. The van der Waals surface area contributed by atoms with E-state index in [1.165, 1.54) is 54.4 Å². The summed E-state index contributed by atoms with van der Waals surface area (Å²) in [7, 11) is 0. The topological polar surface area (TPSA) is 87.4 Å². The summed E-state index contributed by atoms with van der Waals surface area (Å²) < 4.78 is 49.9. The molecule has 38 heavy (non-hydrogen) atoms. The number of benzene rings is 2. The zero-order valence-corrected chi connectivity index (χ0v) is 20.7. The standard InChI is InChI=1S/C28H21F3N4O2S/c29-12-25-21-15-38-27(34-26(36)19-4-2-1-3-5-19)35-28(21,16-37-25)20-10-17(6-8-22(20)30)11-23(31)24-9-7-18(13-32)14-33-24/h1-11,14,21,25H,12,15-16H2,(H,34,35,36)/b23-11-/t21-,25-,28-/m1/s1. The maximum absolute atomic E-state index is 15.3. The molecule has 0 aliphatic carbocycles. The zero-order chi connectivity index (χ0) is 26.7. The van der Waals surface area contributed by atoms with Crippen molar-refractivity contribution in [2.75, 3.05) is 19.0 Å². The van der Waals surface area contributed by atoms with Gasteiger partial charge in [-0.3, -0.25) is 9.78 Å². The molecule has 1 aromatic heterocycles. The van der Waals surface area contributed by atoms with E-state index in [0.29, 0.717) is 22.4 Å². The Balaban J connectivity index is 1.52. The first kappa shape index (κ1) is 25.7. The van der Waals surface area contributed by atoms with Crippen LogP contribution >= 0.6 is 11.8 Å². The smallest absolute Gasteiger partial charge is 0.257 e. The Morgan fingerprint density at radius 2 is 2.05 bits per heavy atom. The number of amidine groups is 1. The maximum Gasteiger partial charge on any atom is 0.257 e. The van der Waals surface area contributed by atoms with E-state index in [2.05, 4.69) is 10.3 Å². The van der Waals surface area contributed by atoms with E-state index in [1.807, 2.05) is 6.07 Å². The van der Waals surface area contributed by atoms with Crippen LogP contribution in [-0.2, 0) is 10.3 Å². The third-order valence-corrected chi connectivity index (χ3v) is 7.57. The molecule has 0 bridgehead atoms. The van der Waals surface area contributed by atoms with Crippen LogP contribution in [0.25, 0.3) is 11.9 Å². The van der Waals surface area contributed by atoms with Gasteiger partial charge in [-0.2, -0.15) is 5.26 Å². The van der Waals surface area contributed by atoms with Gasteiger partial charge >= 0.3 is 0 Å². The van der Waals surface area contributed by atoms with Gasteiger partial charge < -0.3 is 10.1 Å². The number of fused-ring (bicyclic) bond motifs is 1. The summed E-state index contributed by atoms with van der Waals surface area (Å²) >= 11 is 1.24. The minimum absolute atomic E-state index is 0.0191. The van der Waals surface area contributed by atoms with Gasteiger partial charge in [0.25, 0.3) is 5.91 Å². The van der Waals surface area contributed by atoms with Crippen molar-refractivity contribution < 1.29 is 22.7 Å². The Hall–Kier alpha value is -3.94. The molecule has 2 aliphatic rings. The van der Waals surface area contributed by atoms with Gasteiger partial charge in [0.2, 0.25) is 0 Å². The summed E-state index contributed by atoms with van der Waals surface area (Å²) in [5, 5.41) is 12.0. The second-order valence-corrected chi connectivity index (χ2v) is 9.87. The quantitative estimate of drug-likeness (QED) is 0.482. The molecule has 1 N–H and O–H groups in total. The first-order chi connectivity index (χ1) is 18.4. The van der Waals surface area contributed by atoms with Crippen molar-refractivity contribution in [2.24, 2.45) is 10.9 Å². The zero-order valence-electron chi connectivity index (χ0n) is 19.9. The van der Waals surface area contributed by atoms with E-state index in [0.717, 1.165) is 0 Å². The Morgan fingerprint density at radius 3 is 2.76 bits per heavy atom. The summed E-state index contributed by atoms with van der Waals surface area (Å²) in [6.45, 7) is -0.865. The average Bonchev–Trinajstić information content (AvgIpc) is 3.33. The summed E-state index contributed by atoms with van der Waals surface area (Å²) in [6, 6.07) is 17.4. The summed E-state index contributed by atoms with van der Waals surface area (Å²) in [5.74, 6) is -1.82. The third-order valence-electron chi connectivity index (χ3n) is 6.58. The van der Waals surface area contributed by atoms with E-state index >= 15 is 4.39 Å². The minimum Gasteiger partial charge on any atom is -0.372 e. The number of nitrogens with one attached hydrogen (secondary N) is 1. The predicted molar refractivity (Wildman–Crippen MR) is 139 cm³/mol. The van der Waals surface area contributed by atoms with Crippen LogP contribution in [0.5, 0.6) is 0 Å².